The number of amides is 2. The Morgan fingerprint density at radius 2 is 2.12 bits per heavy atom. The minimum absolute atomic E-state index is 0.0362. The highest BCUT2D eigenvalue weighted by Gasteiger charge is 2.21. The quantitative estimate of drug-likeness (QED) is 0.937. The van der Waals surface area contributed by atoms with Crippen LogP contribution < -0.4 is 10.1 Å². The van der Waals surface area contributed by atoms with Crippen molar-refractivity contribution in [2.75, 3.05) is 25.0 Å². The molecule has 2 amide bonds. The van der Waals surface area contributed by atoms with Crippen molar-refractivity contribution in [2.45, 2.75) is 13.0 Å². The number of nitrogens with one attached hydrogen (secondary N) is 1. The Labute approximate surface area is 139 Å². The molecule has 1 fully saturated rings. The fourth-order valence-corrected chi connectivity index (χ4v) is 2.34. The summed E-state index contributed by atoms with van der Waals surface area (Å²) < 4.78 is 23.8. The van der Waals surface area contributed by atoms with Gasteiger partial charge in [0.05, 0.1) is 24.6 Å². The Morgan fingerprint density at radius 1 is 1.33 bits per heavy atom. The molecule has 1 aliphatic heterocycles. The van der Waals surface area contributed by atoms with Gasteiger partial charge in [-0.2, -0.15) is 0 Å². The van der Waals surface area contributed by atoms with Gasteiger partial charge in [-0.1, -0.05) is 0 Å². The second kappa shape index (κ2) is 7.27. The maximum atomic E-state index is 12.9. The van der Waals surface area contributed by atoms with Crippen molar-refractivity contribution in [3.8, 4) is 11.6 Å². The van der Waals surface area contributed by atoms with Gasteiger partial charge in [-0.05, 0) is 37.3 Å². The van der Waals surface area contributed by atoms with Crippen LogP contribution in [0.1, 0.15) is 6.92 Å². The highest BCUT2D eigenvalue weighted by Crippen LogP contribution is 2.20. The van der Waals surface area contributed by atoms with Crippen LogP contribution in [0, 0.1) is 5.82 Å². The van der Waals surface area contributed by atoms with Gasteiger partial charge in [0.2, 0.25) is 5.88 Å². The number of benzene rings is 1. The number of urea groups is 1. The van der Waals surface area contributed by atoms with Crippen molar-refractivity contribution in [1.29, 1.82) is 0 Å². The van der Waals surface area contributed by atoms with E-state index in [-0.39, 0.29) is 18.0 Å². The summed E-state index contributed by atoms with van der Waals surface area (Å²) in [5.41, 5.74) is 0.575. The predicted octanol–water partition coefficient (Wildman–Crippen LogP) is 3.27. The Morgan fingerprint density at radius 3 is 2.79 bits per heavy atom. The van der Waals surface area contributed by atoms with Crippen LogP contribution in [0.15, 0.2) is 42.6 Å². The largest absolute Gasteiger partial charge is 0.439 e. The van der Waals surface area contributed by atoms with Crippen LogP contribution in [0.5, 0.6) is 11.6 Å². The molecule has 1 atom stereocenters. The smallest absolute Gasteiger partial charge is 0.322 e. The molecule has 0 radical (unpaired) electrons. The normalized spacial score (nSPS) is 17.4. The van der Waals surface area contributed by atoms with Crippen molar-refractivity contribution >= 4 is 11.7 Å². The first-order valence-electron chi connectivity index (χ1n) is 7.67. The van der Waals surface area contributed by atoms with E-state index in [1.54, 1.807) is 17.0 Å². The van der Waals surface area contributed by atoms with E-state index in [0.717, 1.165) is 0 Å². The number of halogens is 1. The third-order valence-electron chi connectivity index (χ3n) is 3.55. The lowest BCUT2D eigenvalue weighted by molar-refractivity contribution is -0.00138. The van der Waals surface area contributed by atoms with E-state index in [0.29, 0.717) is 37.0 Å². The zero-order valence-corrected chi connectivity index (χ0v) is 13.2. The van der Waals surface area contributed by atoms with E-state index in [4.69, 9.17) is 9.47 Å². The summed E-state index contributed by atoms with van der Waals surface area (Å²) in [5.74, 6) is 0.522. The molecule has 1 aromatic carbocycles. The van der Waals surface area contributed by atoms with Gasteiger partial charge in [-0.15, -0.1) is 0 Å². The highest BCUT2D eigenvalue weighted by atomic mass is 19.1. The number of ether oxygens (including phenoxy) is 2. The maximum absolute atomic E-state index is 12.9. The lowest BCUT2D eigenvalue weighted by Gasteiger charge is -2.31. The number of carbonyl (C=O) groups is 1. The van der Waals surface area contributed by atoms with Crippen molar-refractivity contribution in [3.63, 3.8) is 0 Å². The van der Waals surface area contributed by atoms with Gasteiger partial charge in [-0.3, -0.25) is 0 Å². The van der Waals surface area contributed by atoms with Crippen LogP contribution in [0.3, 0.4) is 0 Å². The lowest BCUT2D eigenvalue weighted by atomic mass is 10.3. The summed E-state index contributed by atoms with van der Waals surface area (Å²) in [6, 6.07) is 8.83. The van der Waals surface area contributed by atoms with Crippen LogP contribution >= 0.6 is 0 Å². The number of pyridine rings is 1. The summed E-state index contributed by atoms with van der Waals surface area (Å²) in [6.07, 6.45) is 1.55. The second-order valence-electron chi connectivity index (χ2n) is 5.50. The minimum Gasteiger partial charge on any atom is -0.439 e. The van der Waals surface area contributed by atoms with Gasteiger partial charge >= 0.3 is 6.03 Å². The van der Waals surface area contributed by atoms with E-state index in [1.807, 2.05) is 6.92 Å². The van der Waals surface area contributed by atoms with Crippen molar-refractivity contribution in [1.82, 2.24) is 9.88 Å². The van der Waals surface area contributed by atoms with E-state index in [2.05, 4.69) is 10.3 Å². The van der Waals surface area contributed by atoms with E-state index >= 15 is 0 Å². The molecule has 2 heterocycles. The molecule has 7 heteroatoms. The van der Waals surface area contributed by atoms with Crippen LogP contribution in [0.4, 0.5) is 14.9 Å². The van der Waals surface area contributed by atoms with Crippen LogP contribution in [0.25, 0.3) is 0 Å². The number of carbonyl (C=O) groups excluding carboxylic acids is 1. The molecule has 126 valence electrons. The zero-order valence-electron chi connectivity index (χ0n) is 13.2. The summed E-state index contributed by atoms with van der Waals surface area (Å²) >= 11 is 0. The molecule has 0 spiro atoms. The first-order chi connectivity index (χ1) is 11.6. The average molecular weight is 331 g/mol. The number of hydrogen-bond donors (Lipinski definition) is 1. The summed E-state index contributed by atoms with van der Waals surface area (Å²) in [4.78, 5) is 18.0. The maximum Gasteiger partial charge on any atom is 0.322 e. The van der Waals surface area contributed by atoms with E-state index < -0.39 is 0 Å². The van der Waals surface area contributed by atoms with Gasteiger partial charge in [0.1, 0.15) is 11.6 Å². The summed E-state index contributed by atoms with van der Waals surface area (Å²) in [6.45, 7) is 3.60. The van der Waals surface area contributed by atoms with E-state index in [9.17, 15) is 9.18 Å². The van der Waals surface area contributed by atoms with Crippen molar-refractivity contribution in [3.05, 3.63) is 48.4 Å². The molecule has 2 aromatic rings. The second-order valence-corrected chi connectivity index (χ2v) is 5.50. The zero-order chi connectivity index (χ0) is 16.9. The average Bonchev–Trinajstić information content (AvgIpc) is 2.59. The minimum atomic E-state index is -0.328. The van der Waals surface area contributed by atoms with Gasteiger partial charge in [0.25, 0.3) is 0 Å². The molecule has 1 aromatic heterocycles. The number of morpholine rings is 1. The molecule has 0 aliphatic carbocycles. The molecule has 6 nitrogen and oxygen atoms in total. The fraction of sp³-hybridized carbons (Fsp3) is 0.294. The van der Waals surface area contributed by atoms with E-state index in [1.165, 1.54) is 30.5 Å². The van der Waals surface area contributed by atoms with Crippen LogP contribution in [0.2, 0.25) is 0 Å². The highest BCUT2D eigenvalue weighted by molar-refractivity contribution is 5.89. The Bertz CT molecular complexity index is 691. The van der Waals surface area contributed by atoms with Gasteiger partial charge in [0, 0.05) is 19.2 Å². The first-order valence-corrected chi connectivity index (χ1v) is 7.67. The van der Waals surface area contributed by atoms with Crippen LogP contribution in [-0.2, 0) is 4.74 Å². The number of anilines is 1. The lowest BCUT2D eigenvalue weighted by Crippen LogP contribution is -2.46. The number of rotatable bonds is 3. The van der Waals surface area contributed by atoms with Crippen molar-refractivity contribution in [2.24, 2.45) is 0 Å². The molecular weight excluding hydrogens is 313 g/mol. The topological polar surface area (TPSA) is 63.7 Å². The molecule has 0 saturated carbocycles. The predicted molar refractivity (Wildman–Crippen MR) is 86.7 cm³/mol. The monoisotopic (exact) mass is 331 g/mol. The molecular formula is C17H18FN3O3. The van der Waals surface area contributed by atoms with Crippen LogP contribution in [-0.4, -0.2) is 41.7 Å². The summed E-state index contributed by atoms with van der Waals surface area (Å²) in [7, 11) is 0. The third kappa shape index (κ3) is 4.20. The Kier molecular flexibility index (Phi) is 4.90. The number of aromatic nitrogens is 1. The summed E-state index contributed by atoms with van der Waals surface area (Å²) in [5, 5.41) is 2.79. The number of nitrogens with zero attached hydrogens (tertiary/aromatic N) is 2. The SMILES string of the molecule is C[C@@H]1CN(C(=O)Nc2ccc(Oc3ccc(F)cc3)nc2)CCO1. The fourth-order valence-electron chi connectivity index (χ4n) is 2.34. The molecule has 24 heavy (non-hydrogen) atoms. The molecule has 3 rings (SSSR count). The molecule has 1 aliphatic rings. The van der Waals surface area contributed by atoms with Gasteiger partial charge in [0.15, 0.2) is 0 Å². The molecule has 1 saturated heterocycles. The third-order valence-corrected chi connectivity index (χ3v) is 3.55. The molecule has 0 unspecified atom stereocenters. The van der Waals surface area contributed by atoms with Crippen molar-refractivity contribution < 1.29 is 18.7 Å². The Hall–Kier alpha value is -2.67. The molecule has 1 N–H and O–H groups in total. The Balaban J connectivity index is 1.58. The number of hydrogen-bond acceptors (Lipinski definition) is 4. The van der Waals surface area contributed by atoms with Gasteiger partial charge < -0.3 is 19.7 Å². The van der Waals surface area contributed by atoms with Gasteiger partial charge in [-0.25, -0.2) is 14.2 Å². The molecule has 0 bridgehead atoms. The first kappa shape index (κ1) is 16.2. The standard InChI is InChI=1S/C17H18FN3O3/c1-12-11-21(8-9-23-12)17(22)20-14-4-7-16(19-10-14)24-15-5-2-13(18)3-6-15/h2-7,10,12H,8-9,11H2,1H3,(H,20,22)/t12-/m1/s1.